The van der Waals surface area contributed by atoms with Gasteiger partial charge in [-0.1, -0.05) is 18.2 Å². The van der Waals surface area contributed by atoms with Crippen LogP contribution in [-0.2, 0) is 11.2 Å². The molecule has 1 amide bonds. The Hall–Kier alpha value is -2.69. The minimum atomic E-state index is -0.255. The summed E-state index contributed by atoms with van der Waals surface area (Å²) in [5, 5.41) is 2.98. The van der Waals surface area contributed by atoms with Crippen LogP contribution in [0.4, 0.5) is 11.4 Å². The number of ether oxygens (including phenoxy) is 2. The fraction of sp³-hybridized carbons (Fsp3) is 0.350. The summed E-state index contributed by atoms with van der Waals surface area (Å²) in [5.74, 6) is 1.19. The van der Waals surface area contributed by atoms with E-state index in [0.717, 1.165) is 25.1 Å². The average Bonchev–Trinajstić information content (AvgIpc) is 2.66. The number of amides is 1. The third-order valence-electron chi connectivity index (χ3n) is 4.64. The number of nitrogens with zero attached hydrogens (tertiary/aromatic N) is 1. The number of rotatable bonds is 5. The summed E-state index contributed by atoms with van der Waals surface area (Å²) in [6, 6.07) is 13.4. The van der Waals surface area contributed by atoms with Crippen molar-refractivity contribution in [2.45, 2.75) is 25.8 Å². The summed E-state index contributed by atoms with van der Waals surface area (Å²) in [6.45, 7) is 2.83. The lowest BCUT2D eigenvalue weighted by atomic mass is 10.00. The second kappa shape index (κ2) is 7.47. The number of carbonyl (C=O) groups excluding carboxylic acids is 1. The molecule has 5 nitrogen and oxygen atoms in total. The summed E-state index contributed by atoms with van der Waals surface area (Å²) in [7, 11) is 3.17. The number of anilines is 2. The second-order valence-corrected chi connectivity index (χ2v) is 6.16. The van der Waals surface area contributed by atoms with Gasteiger partial charge in [0.1, 0.15) is 6.04 Å². The molecular weight excluding hydrogens is 316 g/mol. The van der Waals surface area contributed by atoms with Crippen molar-refractivity contribution in [2.24, 2.45) is 0 Å². The number of hydrogen-bond acceptors (Lipinski definition) is 4. The molecule has 1 aliphatic heterocycles. The van der Waals surface area contributed by atoms with Crippen molar-refractivity contribution in [1.29, 1.82) is 0 Å². The number of aryl methyl sites for hydroxylation is 1. The molecule has 132 valence electrons. The Labute approximate surface area is 148 Å². The third-order valence-corrected chi connectivity index (χ3v) is 4.64. The van der Waals surface area contributed by atoms with Crippen molar-refractivity contribution in [3.63, 3.8) is 0 Å². The normalized spacial score (nSPS) is 14.4. The molecule has 1 unspecified atom stereocenters. The van der Waals surface area contributed by atoms with Gasteiger partial charge in [0.2, 0.25) is 5.91 Å². The second-order valence-electron chi connectivity index (χ2n) is 6.16. The third kappa shape index (κ3) is 3.55. The molecule has 0 bridgehead atoms. The van der Waals surface area contributed by atoms with Crippen LogP contribution in [0.2, 0.25) is 0 Å². The molecule has 1 heterocycles. The first-order valence-electron chi connectivity index (χ1n) is 8.51. The molecule has 0 saturated carbocycles. The monoisotopic (exact) mass is 340 g/mol. The molecule has 0 fully saturated rings. The number of fused-ring (bicyclic) bond motifs is 1. The fourth-order valence-electron chi connectivity index (χ4n) is 3.27. The van der Waals surface area contributed by atoms with Crippen LogP contribution in [0.25, 0.3) is 0 Å². The first-order chi connectivity index (χ1) is 12.1. The SMILES string of the molecule is COc1ccc(NC(=O)C(C)N2CCCc3ccccc32)cc1OC. The zero-order valence-corrected chi connectivity index (χ0v) is 14.9. The van der Waals surface area contributed by atoms with E-state index in [9.17, 15) is 4.79 Å². The van der Waals surface area contributed by atoms with Crippen LogP contribution in [0, 0.1) is 0 Å². The van der Waals surface area contributed by atoms with Gasteiger partial charge in [0, 0.05) is 24.0 Å². The molecule has 1 N–H and O–H groups in total. The highest BCUT2D eigenvalue weighted by Gasteiger charge is 2.26. The highest BCUT2D eigenvalue weighted by molar-refractivity contribution is 5.97. The maximum atomic E-state index is 12.8. The molecule has 0 spiro atoms. The summed E-state index contributed by atoms with van der Waals surface area (Å²) < 4.78 is 10.5. The van der Waals surface area contributed by atoms with Gasteiger partial charge in [0.25, 0.3) is 0 Å². The number of carbonyl (C=O) groups is 1. The molecule has 0 aliphatic carbocycles. The van der Waals surface area contributed by atoms with Crippen molar-refractivity contribution in [1.82, 2.24) is 0 Å². The Morgan fingerprint density at radius 3 is 2.64 bits per heavy atom. The summed E-state index contributed by atoms with van der Waals surface area (Å²) in [5.41, 5.74) is 3.16. The van der Waals surface area contributed by atoms with Gasteiger partial charge in [0.05, 0.1) is 14.2 Å². The number of hydrogen-bond donors (Lipinski definition) is 1. The highest BCUT2D eigenvalue weighted by Crippen LogP contribution is 2.31. The number of benzene rings is 2. The standard InChI is InChI=1S/C20H24N2O3/c1-14(22-12-6-8-15-7-4-5-9-17(15)22)20(23)21-16-10-11-18(24-2)19(13-16)25-3/h4-5,7,9-11,13-14H,6,8,12H2,1-3H3,(H,21,23). The topological polar surface area (TPSA) is 50.8 Å². The van der Waals surface area contributed by atoms with E-state index >= 15 is 0 Å². The predicted octanol–water partition coefficient (Wildman–Crippen LogP) is 3.48. The van der Waals surface area contributed by atoms with E-state index in [0.29, 0.717) is 17.2 Å². The fourth-order valence-corrected chi connectivity index (χ4v) is 3.27. The Bertz CT molecular complexity index is 760. The van der Waals surface area contributed by atoms with Crippen molar-refractivity contribution >= 4 is 17.3 Å². The number of nitrogens with one attached hydrogen (secondary N) is 1. The number of methoxy groups -OCH3 is 2. The summed E-state index contributed by atoms with van der Waals surface area (Å²) in [6.07, 6.45) is 2.13. The molecule has 0 aromatic heterocycles. The molecule has 25 heavy (non-hydrogen) atoms. The largest absolute Gasteiger partial charge is 0.493 e. The lowest BCUT2D eigenvalue weighted by Gasteiger charge is -2.35. The molecule has 0 radical (unpaired) electrons. The van der Waals surface area contributed by atoms with E-state index in [1.165, 1.54) is 5.56 Å². The maximum absolute atomic E-state index is 12.8. The average molecular weight is 340 g/mol. The van der Waals surface area contributed by atoms with Gasteiger partial charge >= 0.3 is 0 Å². The van der Waals surface area contributed by atoms with Gasteiger partial charge in [-0.15, -0.1) is 0 Å². The highest BCUT2D eigenvalue weighted by atomic mass is 16.5. The molecule has 3 rings (SSSR count). The van der Waals surface area contributed by atoms with Crippen molar-refractivity contribution in [2.75, 3.05) is 31.0 Å². The molecule has 2 aromatic carbocycles. The van der Waals surface area contributed by atoms with Crippen molar-refractivity contribution in [3.05, 3.63) is 48.0 Å². The summed E-state index contributed by atoms with van der Waals surface area (Å²) >= 11 is 0. The van der Waals surface area contributed by atoms with Gasteiger partial charge in [0.15, 0.2) is 11.5 Å². The first kappa shape index (κ1) is 17.1. The Balaban J connectivity index is 1.76. The minimum Gasteiger partial charge on any atom is -0.493 e. The summed E-state index contributed by atoms with van der Waals surface area (Å²) in [4.78, 5) is 14.9. The van der Waals surface area contributed by atoms with E-state index in [1.807, 2.05) is 19.1 Å². The van der Waals surface area contributed by atoms with Crippen LogP contribution >= 0.6 is 0 Å². The van der Waals surface area contributed by atoms with E-state index in [4.69, 9.17) is 9.47 Å². The smallest absolute Gasteiger partial charge is 0.246 e. The van der Waals surface area contributed by atoms with E-state index in [-0.39, 0.29) is 11.9 Å². The number of para-hydroxylation sites is 1. The quantitative estimate of drug-likeness (QED) is 0.905. The van der Waals surface area contributed by atoms with Gasteiger partial charge in [-0.3, -0.25) is 4.79 Å². The first-order valence-corrected chi connectivity index (χ1v) is 8.51. The molecular formula is C20H24N2O3. The van der Waals surface area contributed by atoms with Crippen molar-refractivity contribution < 1.29 is 14.3 Å². The van der Waals surface area contributed by atoms with Crippen LogP contribution in [0.15, 0.2) is 42.5 Å². The van der Waals surface area contributed by atoms with Gasteiger partial charge in [-0.2, -0.15) is 0 Å². The molecule has 1 atom stereocenters. The molecule has 5 heteroatoms. The van der Waals surface area contributed by atoms with Crippen molar-refractivity contribution in [3.8, 4) is 11.5 Å². The van der Waals surface area contributed by atoms with Crippen LogP contribution in [-0.4, -0.2) is 32.7 Å². The minimum absolute atomic E-state index is 0.0380. The zero-order chi connectivity index (χ0) is 17.8. The Kier molecular flexibility index (Phi) is 5.12. The Morgan fingerprint density at radius 2 is 1.88 bits per heavy atom. The molecule has 0 saturated heterocycles. The van der Waals surface area contributed by atoms with Crippen LogP contribution in [0.1, 0.15) is 18.9 Å². The van der Waals surface area contributed by atoms with E-state index in [1.54, 1.807) is 26.4 Å². The van der Waals surface area contributed by atoms with Gasteiger partial charge in [-0.05, 0) is 43.5 Å². The Morgan fingerprint density at radius 1 is 1.12 bits per heavy atom. The van der Waals surface area contributed by atoms with E-state index < -0.39 is 0 Å². The predicted molar refractivity (Wildman–Crippen MR) is 99.7 cm³/mol. The van der Waals surface area contributed by atoms with Crippen LogP contribution < -0.4 is 19.7 Å². The lowest BCUT2D eigenvalue weighted by Crippen LogP contribution is -2.44. The van der Waals surface area contributed by atoms with Gasteiger partial charge < -0.3 is 19.7 Å². The molecule has 1 aliphatic rings. The maximum Gasteiger partial charge on any atom is 0.246 e. The zero-order valence-electron chi connectivity index (χ0n) is 14.9. The van der Waals surface area contributed by atoms with Crippen LogP contribution in [0.3, 0.4) is 0 Å². The van der Waals surface area contributed by atoms with Gasteiger partial charge in [-0.25, -0.2) is 0 Å². The van der Waals surface area contributed by atoms with Crippen LogP contribution in [0.5, 0.6) is 11.5 Å². The van der Waals surface area contributed by atoms with E-state index in [2.05, 4.69) is 28.4 Å². The lowest BCUT2D eigenvalue weighted by molar-refractivity contribution is -0.117. The molecule has 2 aromatic rings.